The summed E-state index contributed by atoms with van der Waals surface area (Å²) in [5.74, 6) is 5.90. The smallest absolute Gasteiger partial charge is 0.0778 e. The highest BCUT2D eigenvalue weighted by atomic mass is 16.5. The van der Waals surface area contributed by atoms with Gasteiger partial charge in [-0.05, 0) is 18.4 Å². The van der Waals surface area contributed by atoms with E-state index in [0.29, 0.717) is 0 Å². The number of hydrogen-bond donors (Lipinski definition) is 2. The molecule has 110 valence electrons. The summed E-state index contributed by atoms with van der Waals surface area (Å²) in [5, 5.41) is 0. The molecule has 0 radical (unpaired) electrons. The number of nitrogens with one attached hydrogen (secondary N) is 1. The van der Waals surface area contributed by atoms with E-state index in [1.165, 1.54) is 5.56 Å². The maximum Gasteiger partial charge on any atom is 0.0778 e. The molecular formula is C16H20N4O. The van der Waals surface area contributed by atoms with Crippen molar-refractivity contribution >= 4 is 0 Å². The molecule has 2 aromatic rings. The fourth-order valence-electron chi connectivity index (χ4n) is 3.24. The lowest BCUT2D eigenvalue weighted by atomic mass is 9.68. The predicted molar refractivity (Wildman–Crippen MR) is 80.3 cm³/mol. The Hall–Kier alpha value is -1.82. The van der Waals surface area contributed by atoms with Crippen LogP contribution in [0.3, 0.4) is 0 Å². The number of hydrogen-bond acceptors (Lipinski definition) is 5. The van der Waals surface area contributed by atoms with Crippen LogP contribution >= 0.6 is 0 Å². The summed E-state index contributed by atoms with van der Waals surface area (Å²) in [5.41, 5.74) is 4.98. The molecule has 1 saturated heterocycles. The molecule has 5 nitrogen and oxygen atoms in total. The van der Waals surface area contributed by atoms with Gasteiger partial charge >= 0.3 is 0 Å². The minimum atomic E-state index is -0.121. The fraction of sp³-hybridized carbons (Fsp3) is 0.375. The highest BCUT2D eigenvalue weighted by Gasteiger charge is 2.43. The fourth-order valence-corrected chi connectivity index (χ4v) is 3.24. The SMILES string of the molecule is NNC(c1cnccn1)C1(c2ccccc2)CCOCC1. The molecule has 0 bridgehead atoms. The van der Waals surface area contributed by atoms with Crippen molar-refractivity contribution in [3.8, 4) is 0 Å². The van der Waals surface area contributed by atoms with Crippen LogP contribution in [0.15, 0.2) is 48.9 Å². The molecule has 1 atom stereocenters. The van der Waals surface area contributed by atoms with Crippen molar-refractivity contribution in [3.05, 3.63) is 60.2 Å². The molecule has 3 N–H and O–H groups in total. The van der Waals surface area contributed by atoms with Gasteiger partial charge in [-0.3, -0.25) is 21.2 Å². The Morgan fingerprint density at radius 3 is 2.52 bits per heavy atom. The quantitative estimate of drug-likeness (QED) is 0.661. The van der Waals surface area contributed by atoms with Crippen LogP contribution in [0, 0.1) is 0 Å². The molecule has 5 heteroatoms. The largest absolute Gasteiger partial charge is 0.381 e. The second-order valence-electron chi connectivity index (χ2n) is 5.36. The van der Waals surface area contributed by atoms with Crippen molar-refractivity contribution in [1.29, 1.82) is 0 Å². The van der Waals surface area contributed by atoms with Crippen molar-refractivity contribution in [2.75, 3.05) is 13.2 Å². The number of ether oxygens (including phenoxy) is 1. The van der Waals surface area contributed by atoms with Crippen LogP contribution in [0.1, 0.15) is 30.1 Å². The monoisotopic (exact) mass is 284 g/mol. The van der Waals surface area contributed by atoms with Gasteiger partial charge in [-0.15, -0.1) is 0 Å². The number of rotatable bonds is 4. The maximum absolute atomic E-state index is 5.90. The molecule has 0 aliphatic carbocycles. The number of nitrogens with zero attached hydrogens (tertiary/aromatic N) is 2. The van der Waals surface area contributed by atoms with Crippen LogP contribution in [0.25, 0.3) is 0 Å². The van der Waals surface area contributed by atoms with Crippen LogP contribution in [-0.4, -0.2) is 23.2 Å². The van der Waals surface area contributed by atoms with Gasteiger partial charge in [0, 0.05) is 31.0 Å². The Morgan fingerprint density at radius 2 is 1.90 bits per heavy atom. The molecule has 1 aliphatic heterocycles. The van der Waals surface area contributed by atoms with Gasteiger partial charge in [0.05, 0.1) is 17.9 Å². The lowest BCUT2D eigenvalue weighted by Gasteiger charge is -2.43. The van der Waals surface area contributed by atoms with Gasteiger partial charge in [0.15, 0.2) is 0 Å². The van der Waals surface area contributed by atoms with Gasteiger partial charge in [-0.1, -0.05) is 30.3 Å². The third-order valence-corrected chi connectivity index (χ3v) is 4.33. The minimum Gasteiger partial charge on any atom is -0.381 e. The van der Waals surface area contributed by atoms with Crippen molar-refractivity contribution in [1.82, 2.24) is 15.4 Å². The zero-order chi connectivity index (χ0) is 14.5. The molecule has 1 aliphatic rings. The molecule has 1 aromatic heterocycles. The molecule has 21 heavy (non-hydrogen) atoms. The van der Waals surface area contributed by atoms with E-state index in [4.69, 9.17) is 10.6 Å². The Bertz CT molecular complexity index is 555. The Kier molecular flexibility index (Phi) is 4.24. The molecule has 0 spiro atoms. The van der Waals surface area contributed by atoms with Gasteiger partial charge in [0.25, 0.3) is 0 Å². The average Bonchev–Trinajstić information content (AvgIpc) is 2.58. The first kappa shape index (κ1) is 14.1. The predicted octanol–water partition coefficient (Wildman–Crippen LogP) is 1.73. The summed E-state index contributed by atoms with van der Waals surface area (Å²) < 4.78 is 5.57. The van der Waals surface area contributed by atoms with E-state index in [1.807, 2.05) is 6.07 Å². The standard InChI is InChI=1S/C16H20N4O/c17-20-15(14-12-18-8-9-19-14)16(6-10-21-11-7-16)13-4-2-1-3-5-13/h1-5,8-9,12,15,20H,6-7,10-11,17H2. The number of hydrazine groups is 1. The lowest BCUT2D eigenvalue weighted by molar-refractivity contribution is 0.0333. The first-order valence-electron chi connectivity index (χ1n) is 7.22. The van der Waals surface area contributed by atoms with Crippen LogP contribution < -0.4 is 11.3 Å². The van der Waals surface area contributed by atoms with Gasteiger partial charge < -0.3 is 4.74 Å². The van der Waals surface area contributed by atoms with Crippen LogP contribution in [0.2, 0.25) is 0 Å². The molecular weight excluding hydrogens is 264 g/mol. The molecule has 2 heterocycles. The molecule has 0 saturated carbocycles. The van der Waals surface area contributed by atoms with E-state index >= 15 is 0 Å². The third kappa shape index (κ3) is 2.68. The van der Waals surface area contributed by atoms with Crippen molar-refractivity contribution in [3.63, 3.8) is 0 Å². The first-order valence-corrected chi connectivity index (χ1v) is 7.22. The normalized spacial score (nSPS) is 19.1. The van der Waals surface area contributed by atoms with Crippen molar-refractivity contribution in [2.24, 2.45) is 5.84 Å². The van der Waals surface area contributed by atoms with E-state index in [2.05, 4.69) is 39.7 Å². The summed E-state index contributed by atoms with van der Waals surface area (Å²) in [4.78, 5) is 8.63. The van der Waals surface area contributed by atoms with Gasteiger partial charge in [-0.25, -0.2) is 0 Å². The first-order chi connectivity index (χ1) is 10.4. The number of nitrogens with two attached hydrogens (primary N) is 1. The summed E-state index contributed by atoms with van der Waals surface area (Å²) in [6, 6.07) is 10.4. The van der Waals surface area contributed by atoms with E-state index in [9.17, 15) is 0 Å². The number of aromatic nitrogens is 2. The minimum absolute atomic E-state index is 0.0856. The summed E-state index contributed by atoms with van der Waals surface area (Å²) in [7, 11) is 0. The van der Waals surface area contributed by atoms with E-state index in [0.717, 1.165) is 31.7 Å². The van der Waals surface area contributed by atoms with Crippen LogP contribution in [0.5, 0.6) is 0 Å². The van der Waals surface area contributed by atoms with E-state index in [1.54, 1.807) is 18.6 Å². The number of benzene rings is 1. The maximum atomic E-state index is 5.90. The van der Waals surface area contributed by atoms with Crippen molar-refractivity contribution < 1.29 is 4.74 Å². The summed E-state index contributed by atoms with van der Waals surface area (Å²) in [6.07, 6.45) is 6.98. The van der Waals surface area contributed by atoms with Crippen LogP contribution in [-0.2, 0) is 10.2 Å². The zero-order valence-corrected chi connectivity index (χ0v) is 11.9. The average molecular weight is 284 g/mol. The lowest BCUT2D eigenvalue weighted by Crippen LogP contribution is -2.48. The summed E-state index contributed by atoms with van der Waals surface area (Å²) in [6.45, 7) is 1.46. The molecule has 3 rings (SSSR count). The second-order valence-corrected chi connectivity index (χ2v) is 5.36. The summed E-state index contributed by atoms with van der Waals surface area (Å²) >= 11 is 0. The van der Waals surface area contributed by atoms with Gasteiger partial charge in [-0.2, -0.15) is 0 Å². The molecule has 1 fully saturated rings. The Labute approximate surface area is 124 Å². The van der Waals surface area contributed by atoms with E-state index < -0.39 is 0 Å². The van der Waals surface area contributed by atoms with Gasteiger partial charge in [0.1, 0.15) is 0 Å². The molecule has 1 aromatic carbocycles. The van der Waals surface area contributed by atoms with Gasteiger partial charge in [0.2, 0.25) is 0 Å². The highest BCUT2D eigenvalue weighted by molar-refractivity contribution is 5.31. The van der Waals surface area contributed by atoms with Crippen LogP contribution in [0.4, 0.5) is 0 Å². The topological polar surface area (TPSA) is 73.1 Å². The van der Waals surface area contributed by atoms with E-state index in [-0.39, 0.29) is 11.5 Å². The second kappa shape index (κ2) is 6.30. The Morgan fingerprint density at radius 1 is 1.14 bits per heavy atom. The Balaban J connectivity index is 2.06. The molecule has 1 unspecified atom stereocenters. The highest BCUT2D eigenvalue weighted by Crippen LogP contribution is 2.44. The third-order valence-electron chi connectivity index (χ3n) is 4.33. The van der Waals surface area contributed by atoms with Crippen molar-refractivity contribution in [2.45, 2.75) is 24.3 Å². The zero-order valence-electron chi connectivity index (χ0n) is 11.9. The molecule has 0 amide bonds.